The third-order valence-corrected chi connectivity index (χ3v) is 3.45. The zero-order valence-electron chi connectivity index (χ0n) is 12.7. The van der Waals surface area contributed by atoms with Crippen LogP contribution >= 0.6 is 0 Å². The van der Waals surface area contributed by atoms with Crippen LogP contribution in [0.25, 0.3) is 0 Å². The molecule has 1 aliphatic heterocycles. The second kappa shape index (κ2) is 8.38. The van der Waals surface area contributed by atoms with Crippen molar-refractivity contribution in [1.82, 2.24) is 5.32 Å². The van der Waals surface area contributed by atoms with E-state index in [9.17, 15) is 9.59 Å². The standard InChI is InChI=1S/C16H21NO5/c1-20-13-6-3-2-5-12(13)8-9-17-15(18)11-22-16(19)14-7-4-10-21-14/h2-3,5-6,14H,4,7-11H2,1H3,(H,17,18)/t14-/m1/s1. The maximum atomic E-state index is 11.6. The Labute approximate surface area is 129 Å². The lowest BCUT2D eigenvalue weighted by atomic mass is 10.1. The van der Waals surface area contributed by atoms with E-state index in [-0.39, 0.29) is 12.5 Å². The molecule has 0 saturated carbocycles. The molecule has 0 aliphatic carbocycles. The highest BCUT2D eigenvalue weighted by atomic mass is 16.6. The van der Waals surface area contributed by atoms with E-state index < -0.39 is 12.1 Å². The monoisotopic (exact) mass is 307 g/mol. The van der Waals surface area contributed by atoms with E-state index in [4.69, 9.17) is 14.2 Å². The highest BCUT2D eigenvalue weighted by Crippen LogP contribution is 2.17. The first-order valence-electron chi connectivity index (χ1n) is 7.37. The van der Waals surface area contributed by atoms with Crippen LogP contribution in [-0.2, 0) is 25.5 Å². The van der Waals surface area contributed by atoms with Gasteiger partial charge >= 0.3 is 5.97 Å². The van der Waals surface area contributed by atoms with Crippen LogP contribution in [0.15, 0.2) is 24.3 Å². The number of nitrogens with one attached hydrogen (secondary N) is 1. The van der Waals surface area contributed by atoms with E-state index in [1.165, 1.54) is 0 Å². The van der Waals surface area contributed by atoms with Gasteiger partial charge in [-0.25, -0.2) is 4.79 Å². The van der Waals surface area contributed by atoms with Gasteiger partial charge in [0.2, 0.25) is 0 Å². The smallest absolute Gasteiger partial charge is 0.335 e. The number of ether oxygens (including phenoxy) is 3. The van der Waals surface area contributed by atoms with Crippen LogP contribution in [0.4, 0.5) is 0 Å². The van der Waals surface area contributed by atoms with Crippen molar-refractivity contribution in [3.8, 4) is 5.75 Å². The number of esters is 1. The fraction of sp³-hybridized carbons (Fsp3) is 0.500. The third-order valence-electron chi connectivity index (χ3n) is 3.45. The maximum Gasteiger partial charge on any atom is 0.335 e. The number of hydrogen-bond donors (Lipinski definition) is 1. The zero-order valence-corrected chi connectivity index (χ0v) is 12.7. The Bertz CT molecular complexity index is 511. The van der Waals surface area contributed by atoms with Gasteiger partial charge in [-0.1, -0.05) is 18.2 Å². The molecule has 1 aromatic rings. The van der Waals surface area contributed by atoms with Gasteiger partial charge in [0.25, 0.3) is 5.91 Å². The number of carbonyl (C=O) groups excluding carboxylic acids is 2. The Kier molecular flexibility index (Phi) is 6.21. The van der Waals surface area contributed by atoms with Gasteiger partial charge in [0.15, 0.2) is 12.7 Å². The molecule has 6 nitrogen and oxygen atoms in total. The summed E-state index contributed by atoms with van der Waals surface area (Å²) in [5.74, 6) is 0.0141. The van der Waals surface area contributed by atoms with E-state index in [0.29, 0.717) is 26.0 Å². The molecular weight excluding hydrogens is 286 g/mol. The number of benzene rings is 1. The Balaban J connectivity index is 1.66. The summed E-state index contributed by atoms with van der Waals surface area (Å²) in [5.41, 5.74) is 1.02. The van der Waals surface area contributed by atoms with E-state index in [2.05, 4.69) is 5.32 Å². The van der Waals surface area contributed by atoms with Gasteiger partial charge < -0.3 is 19.5 Å². The van der Waals surface area contributed by atoms with Crippen molar-refractivity contribution in [3.05, 3.63) is 29.8 Å². The normalized spacial score (nSPS) is 17.0. The predicted molar refractivity (Wildman–Crippen MR) is 79.6 cm³/mol. The minimum atomic E-state index is -0.513. The molecule has 1 N–H and O–H groups in total. The van der Waals surface area contributed by atoms with Gasteiger partial charge in [-0.15, -0.1) is 0 Å². The summed E-state index contributed by atoms with van der Waals surface area (Å²) >= 11 is 0. The van der Waals surface area contributed by atoms with E-state index in [0.717, 1.165) is 17.7 Å². The molecular formula is C16H21NO5. The summed E-state index contributed by atoms with van der Waals surface area (Å²) in [5, 5.41) is 2.72. The Morgan fingerprint density at radius 3 is 2.91 bits per heavy atom. The first kappa shape index (κ1) is 16.3. The number of rotatable bonds is 7. The van der Waals surface area contributed by atoms with Crippen molar-refractivity contribution in [2.75, 3.05) is 26.9 Å². The van der Waals surface area contributed by atoms with Crippen molar-refractivity contribution >= 4 is 11.9 Å². The fourth-order valence-electron chi connectivity index (χ4n) is 2.29. The zero-order chi connectivity index (χ0) is 15.8. The minimum Gasteiger partial charge on any atom is -0.496 e. The summed E-state index contributed by atoms with van der Waals surface area (Å²) in [6.45, 7) is 0.756. The summed E-state index contributed by atoms with van der Waals surface area (Å²) in [7, 11) is 1.61. The molecule has 0 bridgehead atoms. The molecule has 1 saturated heterocycles. The Hall–Kier alpha value is -2.08. The molecule has 0 spiro atoms. The van der Waals surface area contributed by atoms with E-state index >= 15 is 0 Å². The molecule has 6 heteroatoms. The summed E-state index contributed by atoms with van der Waals surface area (Å²) in [6, 6.07) is 7.64. The molecule has 1 aromatic carbocycles. The molecule has 0 radical (unpaired) electrons. The van der Waals surface area contributed by atoms with Crippen LogP contribution < -0.4 is 10.1 Å². The second-order valence-corrected chi connectivity index (χ2v) is 5.02. The van der Waals surface area contributed by atoms with Crippen LogP contribution in [0.5, 0.6) is 5.75 Å². The lowest BCUT2D eigenvalue weighted by molar-refractivity contribution is -0.157. The highest BCUT2D eigenvalue weighted by Gasteiger charge is 2.25. The van der Waals surface area contributed by atoms with Gasteiger partial charge in [0.05, 0.1) is 7.11 Å². The number of para-hydroxylation sites is 1. The number of methoxy groups -OCH3 is 1. The van der Waals surface area contributed by atoms with Crippen LogP contribution in [0, 0.1) is 0 Å². The summed E-state index contributed by atoms with van der Waals surface area (Å²) in [4.78, 5) is 23.2. The lowest BCUT2D eigenvalue weighted by Gasteiger charge is -2.11. The van der Waals surface area contributed by atoms with Crippen molar-refractivity contribution < 1.29 is 23.8 Å². The van der Waals surface area contributed by atoms with E-state index in [1.54, 1.807) is 7.11 Å². The van der Waals surface area contributed by atoms with Gasteiger partial charge in [-0.2, -0.15) is 0 Å². The molecule has 1 amide bonds. The van der Waals surface area contributed by atoms with Crippen LogP contribution in [0.2, 0.25) is 0 Å². The molecule has 1 fully saturated rings. The van der Waals surface area contributed by atoms with Crippen LogP contribution in [0.1, 0.15) is 18.4 Å². The average Bonchev–Trinajstić information content (AvgIpc) is 3.07. The molecule has 1 aliphatic rings. The summed E-state index contributed by atoms with van der Waals surface area (Å²) < 4.78 is 15.4. The van der Waals surface area contributed by atoms with Crippen molar-refractivity contribution in [3.63, 3.8) is 0 Å². The molecule has 120 valence electrons. The lowest BCUT2D eigenvalue weighted by Crippen LogP contribution is -2.32. The van der Waals surface area contributed by atoms with E-state index in [1.807, 2.05) is 24.3 Å². The SMILES string of the molecule is COc1ccccc1CCNC(=O)COC(=O)[C@H]1CCCO1. The average molecular weight is 307 g/mol. The second-order valence-electron chi connectivity index (χ2n) is 5.02. The van der Waals surface area contributed by atoms with Crippen molar-refractivity contribution in [2.45, 2.75) is 25.4 Å². The highest BCUT2D eigenvalue weighted by molar-refractivity contribution is 5.82. The molecule has 1 atom stereocenters. The van der Waals surface area contributed by atoms with Gasteiger partial charge in [0, 0.05) is 13.2 Å². The van der Waals surface area contributed by atoms with Gasteiger partial charge in [0.1, 0.15) is 5.75 Å². The first-order valence-corrected chi connectivity index (χ1v) is 7.37. The Morgan fingerprint density at radius 2 is 2.18 bits per heavy atom. The van der Waals surface area contributed by atoms with Gasteiger partial charge in [-0.3, -0.25) is 4.79 Å². The largest absolute Gasteiger partial charge is 0.496 e. The number of hydrogen-bond acceptors (Lipinski definition) is 5. The molecule has 0 unspecified atom stereocenters. The minimum absolute atomic E-state index is 0.273. The number of carbonyl (C=O) groups is 2. The number of amides is 1. The maximum absolute atomic E-state index is 11.6. The Morgan fingerprint density at radius 1 is 1.36 bits per heavy atom. The molecule has 22 heavy (non-hydrogen) atoms. The third kappa shape index (κ3) is 4.73. The summed E-state index contributed by atoms with van der Waals surface area (Å²) in [6.07, 6.45) is 1.65. The topological polar surface area (TPSA) is 73.9 Å². The first-order chi connectivity index (χ1) is 10.7. The molecule has 1 heterocycles. The quantitative estimate of drug-likeness (QED) is 0.763. The fourth-order valence-corrected chi connectivity index (χ4v) is 2.29. The molecule has 2 rings (SSSR count). The predicted octanol–water partition coefficient (Wildman–Crippen LogP) is 1.08. The van der Waals surface area contributed by atoms with Crippen molar-refractivity contribution in [2.24, 2.45) is 0 Å². The van der Waals surface area contributed by atoms with Crippen molar-refractivity contribution in [1.29, 1.82) is 0 Å². The van der Waals surface area contributed by atoms with Crippen LogP contribution in [0.3, 0.4) is 0 Å². The van der Waals surface area contributed by atoms with Gasteiger partial charge in [-0.05, 0) is 30.9 Å². The van der Waals surface area contributed by atoms with Crippen LogP contribution in [-0.4, -0.2) is 44.8 Å². The molecule has 0 aromatic heterocycles.